The number of aromatic nitrogens is 1. The van der Waals surface area contributed by atoms with Gasteiger partial charge in [-0.15, -0.1) is 0 Å². The molecule has 1 fully saturated rings. The summed E-state index contributed by atoms with van der Waals surface area (Å²) in [5.74, 6) is 0. The minimum absolute atomic E-state index is 0.519. The molecule has 0 atom stereocenters. The summed E-state index contributed by atoms with van der Waals surface area (Å²) >= 11 is 0. The Bertz CT molecular complexity index is 309. The Balaban J connectivity index is 1.68. The zero-order valence-electron chi connectivity index (χ0n) is 9.91. The Kier molecular flexibility index (Phi) is 3.91. The summed E-state index contributed by atoms with van der Waals surface area (Å²) in [6.45, 7) is 2.84. The number of methoxy groups -OCH3 is 1. The van der Waals surface area contributed by atoms with E-state index in [0.29, 0.717) is 5.41 Å². The molecule has 1 aromatic rings. The van der Waals surface area contributed by atoms with Crippen LogP contribution in [0.5, 0.6) is 0 Å². The Hall–Kier alpha value is -0.930. The first-order valence-electron chi connectivity index (χ1n) is 5.94. The monoisotopic (exact) mass is 220 g/mol. The summed E-state index contributed by atoms with van der Waals surface area (Å²) in [4.78, 5) is 4.29. The third-order valence-electron chi connectivity index (χ3n) is 3.33. The summed E-state index contributed by atoms with van der Waals surface area (Å²) in [6, 6.07) is 6.04. The van der Waals surface area contributed by atoms with Gasteiger partial charge in [-0.05, 0) is 36.8 Å². The minimum Gasteiger partial charge on any atom is -0.385 e. The van der Waals surface area contributed by atoms with Crippen LogP contribution in [0.2, 0.25) is 0 Å². The fourth-order valence-electron chi connectivity index (χ4n) is 1.97. The van der Waals surface area contributed by atoms with Gasteiger partial charge in [0.05, 0.1) is 5.69 Å². The van der Waals surface area contributed by atoms with E-state index in [9.17, 15) is 0 Å². The van der Waals surface area contributed by atoms with E-state index in [4.69, 9.17) is 4.74 Å². The fourth-order valence-corrected chi connectivity index (χ4v) is 1.97. The number of pyridine rings is 1. The second-order valence-corrected chi connectivity index (χ2v) is 4.67. The van der Waals surface area contributed by atoms with Gasteiger partial charge in [-0.2, -0.15) is 0 Å². The summed E-state index contributed by atoms with van der Waals surface area (Å²) in [5, 5.41) is 3.50. The van der Waals surface area contributed by atoms with Gasteiger partial charge in [-0.25, -0.2) is 0 Å². The normalized spacial score (nSPS) is 17.3. The maximum Gasteiger partial charge on any atom is 0.0541 e. The molecular formula is C13H20N2O. The predicted molar refractivity (Wildman–Crippen MR) is 64.1 cm³/mol. The number of rotatable bonds is 7. The Morgan fingerprint density at radius 3 is 2.94 bits per heavy atom. The molecule has 0 spiro atoms. The van der Waals surface area contributed by atoms with Gasteiger partial charge in [-0.1, -0.05) is 6.07 Å². The zero-order valence-corrected chi connectivity index (χ0v) is 9.91. The second kappa shape index (κ2) is 5.41. The largest absolute Gasteiger partial charge is 0.385 e. The van der Waals surface area contributed by atoms with Crippen LogP contribution >= 0.6 is 0 Å². The average Bonchev–Trinajstić information content (AvgIpc) is 3.09. The highest BCUT2D eigenvalue weighted by molar-refractivity contribution is 5.03. The van der Waals surface area contributed by atoms with Crippen LogP contribution in [0.25, 0.3) is 0 Å². The Labute approximate surface area is 97.2 Å². The van der Waals surface area contributed by atoms with Gasteiger partial charge in [0.1, 0.15) is 0 Å². The number of nitrogens with zero attached hydrogens (tertiary/aromatic N) is 1. The highest BCUT2D eigenvalue weighted by Gasteiger charge is 2.41. The molecule has 1 saturated carbocycles. The molecule has 1 N–H and O–H groups in total. The molecule has 2 rings (SSSR count). The van der Waals surface area contributed by atoms with Crippen LogP contribution in [0.4, 0.5) is 0 Å². The van der Waals surface area contributed by atoms with Gasteiger partial charge in [-0.3, -0.25) is 4.98 Å². The van der Waals surface area contributed by atoms with Crippen molar-refractivity contribution < 1.29 is 4.74 Å². The molecule has 3 nitrogen and oxygen atoms in total. The summed E-state index contributed by atoms with van der Waals surface area (Å²) in [5.41, 5.74) is 1.63. The van der Waals surface area contributed by atoms with E-state index in [1.54, 1.807) is 7.11 Å². The average molecular weight is 220 g/mol. The van der Waals surface area contributed by atoms with Crippen molar-refractivity contribution in [2.75, 3.05) is 20.3 Å². The summed E-state index contributed by atoms with van der Waals surface area (Å²) < 4.78 is 5.14. The van der Waals surface area contributed by atoms with Crippen molar-refractivity contribution in [1.29, 1.82) is 0 Å². The number of nitrogens with one attached hydrogen (secondary N) is 1. The SMILES string of the molecule is COCCC1(CNCc2ccccn2)CC1. The van der Waals surface area contributed by atoms with Crippen LogP contribution in [-0.4, -0.2) is 25.2 Å². The number of ether oxygens (including phenoxy) is 1. The van der Waals surface area contributed by atoms with E-state index >= 15 is 0 Å². The Morgan fingerprint density at radius 2 is 2.31 bits per heavy atom. The topological polar surface area (TPSA) is 34.1 Å². The third-order valence-corrected chi connectivity index (χ3v) is 3.33. The second-order valence-electron chi connectivity index (χ2n) is 4.67. The maximum atomic E-state index is 5.14. The fraction of sp³-hybridized carbons (Fsp3) is 0.615. The van der Waals surface area contributed by atoms with Gasteiger partial charge >= 0.3 is 0 Å². The lowest BCUT2D eigenvalue weighted by molar-refractivity contribution is 0.171. The third kappa shape index (κ3) is 3.29. The first-order valence-corrected chi connectivity index (χ1v) is 5.94. The summed E-state index contributed by atoms with van der Waals surface area (Å²) in [6.07, 6.45) is 5.70. The van der Waals surface area contributed by atoms with Gasteiger partial charge in [0.25, 0.3) is 0 Å². The molecule has 1 aliphatic rings. The molecule has 1 aliphatic carbocycles. The molecular weight excluding hydrogens is 200 g/mol. The quantitative estimate of drug-likeness (QED) is 0.763. The number of hydrogen-bond donors (Lipinski definition) is 1. The van der Waals surface area contributed by atoms with E-state index in [-0.39, 0.29) is 0 Å². The van der Waals surface area contributed by atoms with Crippen LogP contribution in [0.3, 0.4) is 0 Å². The smallest absolute Gasteiger partial charge is 0.0541 e. The highest BCUT2D eigenvalue weighted by atomic mass is 16.5. The van der Waals surface area contributed by atoms with E-state index in [2.05, 4.69) is 16.4 Å². The zero-order chi connectivity index (χ0) is 11.3. The molecule has 0 aliphatic heterocycles. The van der Waals surface area contributed by atoms with Crippen molar-refractivity contribution in [3.8, 4) is 0 Å². The minimum atomic E-state index is 0.519. The van der Waals surface area contributed by atoms with Crippen LogP contribution < -0.4 is 5.32 Å². The van der Waals surface area contributed by atoms with Gasteiger partial charge in [0.15, 0.2) is 0 Å². The van der Waals surface area contributed by atoms with E-state index in [1.165, 1.54) is 19.3 Å². The lowest BCUT2D eigenvalue weighted by Gasteiger charge is -2.15. The summed E-state index contributed by atoms with van der Waals surface area (Å²) in [7, 11) is 1.78. The van der Waals surface area contributed by atoms with Crippen molar-refractivity contribution in [1.82, 2.24) is 10.3 Å². The lowest BCUT2D eigenvalue weighted by atomic mass is 10.0. The first kappa shape index (κ1) is 11.6. The van der Waals surface area contributed by atoms with E-state index < -0.39 is 0 Å². The van der Waals surface area contributed by atoms with Crippen LogP contribution in [0.1, 0.15) is 25.0 Å². The molecule has 1 aromatic heterocycles. The molecule has 0 saturated heterocycles. The molecule has 0 radical (unpaired) electrons. The maximum absolute atomic E-state index is 5.14. The first-order chi connectivity index (χ1) is 7.85. The molecule has 0 aromatic carbocycles. The van der Waals surface area contributed by atoms with Gasteiger partial charge < -0.3 is 10.1 Å². The highest BCUT2D eigenvalue weighted by Crippen LogP contribution is 2.48. The molecule has 0 unspecified atom stereocenters. The van der Waals surface area contributed by atoms with Crippen molar-refractivity contribution in [3.63, 3.8) is 0 Å². The lowest BCUT2D eigenvalue weighted by Crippen LogP contribution is -2.25. The van der Waals surface area contributed by atoms with Crippen molar-refractivity contribution in [2.24, 2.45) is 5.41 Å². The van der Waals surface area contributed by atoms with Crippen LogP contribution in [0, 0.1) is 5.41 Å². The van der Waals surface area contributed by atoms with Gasteiger partial charge in [0.2, 0.25) is 0 Å². The van der Waals surface area contributed by atoms with E-state index in [0.717, 1.165) is 25.4 Å². The molecule has 88 valence electrons. The molecule has 3 heteroatoms. The van der Waals surface area contributed by atoms with Crippen molar-refractivity contribution in [3.05, 3.63) is 30.1 Å². The molecule has 1 heterocycles. The molecule has 0 bridgehead atoms. The van der Waals surface area contributed by atoms with Crippen LogP contribution in [-0.2, 0) is 11.3 Å². The van der Waals surface area contributed by atoms with Crippen LogP contribution in [0.15, 0.2) is 24.4 Å². The van der Waals surface area contributed by atoms with Crippen molar-refractivity contribution in [2.45, 2.75) is 25.8 Å². The van der Waals surface area contributed by atoms with Gasteiger partial charge in [0, 0.05) is 33.0 Å². The van der Waals surface area contributed by atoms with Crippen molar-refractivity contribution >= 4 is 0 Å². The predicted octanol–water partition coefficient (Wildman–Crippen LogP) is 1.99. The Morgan fingerprint density at radius 1 is 1.44 bits per heavy atom. The van der Waals surface area contributed by atoms with E-state index in [1.807, 2.05) is 18.3 Å². The number of hydrogen-bond acceptors (Lipinski definition) is 3. The molecule has 16 heavy (non-hydrogen) atoms. The standard InChI is InChI=1S/C13H20N2O/c1-16-9-7-13(5-6-13)11-14-10-12-4-2-3-8-15-12/h2-4,8,14H,5-7,9-11H2,1H3. The molecule has 0 amide bonds.